The van der Waals surface area contributed by atoms with Crippen molar-refractivity contribution in [2.75, 3.05) is 13.1 Å². The van der Waals surface area contributed by atoms with Crippen LogP contribution in [0.2, 0.25) is 0 Å². The highest BCUT2D eigenvalue weighted by Crippen LogP contribution is 2.13. The van der Waals surface area contributed by atoms with Gasteiger partial charge in [-0.05, 0) is 0 Å². The maximum Gasteiger partial charge on any atom is 0.241 e. The first-order valence-corrected chi connectivity index (χ1v) is 3.37. The van der Waals surface area contributed by atoms with E-state index in [0.717, 1.165) is 4.90 Å². The van der Waals surface area contributed by atoms with Crippen molar-refractivity contribution in [3.8, 4) is 0 Å². The highest BCUT2D eigenvalue weighted by atomic mass is 19.1. The number of hydrogen-bond acceptors (Lipinski definition) is 3. The van der Waals surface area contributed by atoms with Crippen molar-refractivity contribution in [2.45, 2.75) is 12.6 Å². The van der Waals surface area contributed by atoms with Crippen LogP contribution in [-0.4, -0.2) is 35.9 Å². The summed E-state index contributed by atoms with van der Waals surface area (Å²) in [6.07, 6.45) is -1.05. The van der Waals surface area contributed by atoms with Crippen molar-refractivity contribution in [1.82, 2.24) is 4.90 Å². The topological polar surface area (TPSA) is 70.2 Å². The average Bonchev–Trinajstić information content (AvgIpc) is 2.28. The van der Waals surface area contributed by atoms with E-state index in [1.54, 1.807) is 0 Å². The van der Waals surface area contributed by atoms with E-state index >= 15 is 0 Å². The third-order valence-electron chi connectivity index (χ3n) is 1.60. The van der Waals surface area contributed by atoms with E-state index in [4.69, 9.17) is 11.1 Å². The molecule has 0 bridgehead atoms. The first-order chi connectivity index (χ1) is 5.15. The smallest absolute Gasteiger partial charge is 0.241 e. The Bertz CT molecular complexity index is 186. The molecule has 1 fully saturated rings. The second kappa shape index (κ2) is 2.96. The third kappa shape index (κ3) is 1.54. The van der Waals surface area contributed by atoms with Crippen LogP contribution in [-0.2, 0) is 4.79 Å². The van der Waals surface area contributed by atoms with Crippen molar-refractivity contribution in [1.29, 1.82) is 5.41 Å². The van der Waals surface area contributed by atoms with E-state index < -0.39 is 6.17 Å². The fourth-order valence-electron chi connectivity index (χ4n) is 1.06. The van der Waals surface area contributed by atoms with E-state index in [9.17, 15) is 9.18 Å². The molecule has 1 amide bonds. The molecular formula is C6H10FN3O. The highest BCUT2D eigenvalue weighted by molar-refractivity contribution is 5.99. The molecule has 3 N–H and O–H groups in total. The molecule has 1 atom stereocenters. The number of hydrogen-bond donors (Lipinski definition) is 2. The van der Waals surface area contributed by atoms with Crippen molar-refractivity contribution in [3.05, 3.63) is 0 Å². The van der Waals surface area contributed by atoms with Gasteiger partial charge in [-0.1, -0.05) is 0 Å². The molecule has 1 rings (SSSR count). The van der Waals surface area contributed by atoms with Crippen LogP contribution in [0.5, 0.6) is 0 Å². The minimum absolute atomic E-state index is 0.00509. The molecule has 0 radical (unpaired) electrons. The molecule has 1 aliphatic heterocycles. The number of nitrogens with zero attached hydrogens (tertiary/aromatic N) is 1. The van der Waals surface area contributed by atoms with Crippen LogP contribution in [0, 0.1) is 5.41 Å². The molecule has 4 nitrogen and oxygen atoms in total. The van der Waals surface area contributed by atoms with Crippen LogP contribution in [0.3, 0.4) is 0 Å². The van der Waals surface area contributed by atoms with Gasteiger partial charge < -0.3 is 5.73 Å². The molecule has 11 heavy (non-hydrogen) atoms. The Balaban J connectivity index is 2.60. The summed E-state index contributed by atoms with van der Waals surface area (Å²) in [7, 11) is 0. The fourth-order valence-corrected chi connectivity index (χ4v) is 1.06. The summed E-state index contributed by atoms with van der Waals surface area (Å²) in [4.78, 5) is 12.0. The number of amidine groups is 1. The Hall–Kier alpha value is -0.970. The summed E-state index contributed by atoms with van der Waals surface area (Å²) in [5.41, 5.74) is 5.05. The molecule has 0 aromatic rings. The molecule has 0 aromatic heterocycles. The summed E-state index contributed by atoms with van der Waals surface area (Å²) in [5, 5.41) is 7.18. The molecular weight excluding hydrogens is 149 g/mol. The van der Waals surface area contributed by atoms with Crippen LogP contribution in [0.4, 0.5) is 4.39 Å². The van der Waals surface area contributed by atoms with Crippen molar-refractivity contribution in [2.24, 2.45) is 5.73 Å². The maximum atomic E-state index is 12.5. The number of carbonyl (C=O) groups is 1. The van der Waals surface area contributed by atoms with Gasteiger partial charge in [-0.3, -0.25) is 15.1 Å². The van der Waals surface area contributed by atoms with Gasteiger partial charge in [0.05, 0.1) is 13.1 Å². The zero-order chi connectivity index (χ0) is 8.43. The van der Waals surface area contributed by atoms with Crippen LogP contribution in [0.15, 0.2) is 0 Å². The third-order valence-corrected chi connectivity index (χ3v) is 1.60. The van der Waals surface area contributed by atoms with Crippen molar-refractivity contribution >= 4 is 11.7 Å². The van der Waals surface area contributed by atoms with Crippen LogP contribution < -0.4 is 5.73 Å². The van der Waals surface area contributed by atoms with Gasteiger partial charge in [0.2, 0.25) is 5.91 Å². The normalized spacial score (nSPS) is 24.4. The van der Waals surface area contributed by atoms with E-state index in [1.807, 2.05) is 0 Å². The van der Waals surface area contributed by atoms with Gasteiger partial charge in [0.1, 0.15) is 12.0 Å². The molecule has 0 spiro atoms. The molecule has 1 saturated heterocycles. The molecule has 5 heteroatoms. The minimum atomic E-state index is -1.09. The maximum absolute atomic E-state index is 12.5. The molecule has 0 aliphatic carbocycles. The Morgan fingerprint density at radius 1 is 1.91 bits per heavy atom. The van der Waals surface area contributed by atoms with E-state index in [2.05, 4.69) is 0 Å². The quantitative estimate of drug-likeness (QED) is 0.541. The number of halogens is 1. The zero-order valence-corrected chi connectivity index (χ0v) is 6.01. The number of rotatable bonds is 1. The molecule has 0 saturated carbocycles. The summed E-state index contributed by atoms with van der Waals surface area (Å²) < 4.78 is 12.5. The predicted molar refractivity (Wildman–Crippen MR) is 38.0 cm³/mol. The van der Waals surface area contributed by atoms with Gasteiger partial charge in [0, 0.05) is 6.42 Å². The number of nitrogens with one attached hydrogen (secondary N) is 1. The number of likely N-dealkylation sites (tertiary alicyclic amines) is 1. The second-order valence-corrected chi connectivity index (χ2v) is 2.46. The monoisotopic (exact) mass is 159 g/mol. The summed E-state index contributed by atoms with van der Waals surface area (Å²) in [5.74, 6) is -0.344. The summed E-state index contributed by atoms with van der Waals surface area (Å²) >= 11 is 0. The van der Waals surface area contributed by atoms with Gasteiger partial charge in [-0.15, -0.1) is 0 Å². The standard InChI is InChI=1S/C6H10FN3O/c7-4-1-5(9)10(3-4)6(11)2-8/h4,9H,1-3,8H2/t4-/m0/s1. The van der Waals surface area contributed by atoms with E-state index in [-0.39, 0.29) is 31.3 Å². The van der Waals surface area contributed by atoms with E-state index in [1.165, 1.54) is 0 Å². The predicted octanol–water partition coefficient (Wildman–Crippen LogP) is -0.507. The van der Waals surface area contributed by atoms with Gasteiger partial charge in [0.25, 0.3) is 0 Å². The van der Waals surface area contributed by atoms with Crippen LogP contribution in [0.1, 0.15) is 6.42 Å². The number of nitrogens with two attached hydrogens (primary N) is 1. The van der Waals surface area contributed by atoms with Gasteiger partial charge in [0.15, 0.2) is 0 Å². The Morgan fingerprint density at radius 3 is 2.91 bits per heavy atom. The highest BCUT2D eigenvalue weighted by Gasteiger charge is 2.29. The number of carbonyl (C=O) groups excluding carboxylic acids is 1. The largest absolute Gasteiger partial charge is 0.322 e. The number of amides is 1. The Morgan fingerprint density at radius 2 is 2.55 bits per heavy atom. The zero-order valence-electron chi connectivity index (χ0n) is 6.01. The average molecular weight is 159 g/mol. The molecule has 1 aliphatic rings. The number of alkyl halides is 1. The van der Waals surface area contributed by atoms with Gasteiger partial charge >= 0.3 is 0 Å². The lowest BCUT2D eigenvalue weighted by Crippen LogP contribution is -2.36. The molecule has 1 heterocycles. The lowest BCUT2D eigenvalue weighted by Gasteiger charge is -2.13. The SMILES string of the molecule is N=C1C[C@H](F)CN1C(=O)CN. The Kier molecular flexibility index (Phi) is 2.19. The van der Waals surface area contributed by atoms with Crippen molar-refractivity contribution in [3.63, 3.8) is 0 Å². The van der Waals surface area contributed by atoms with Gasteiger partial charge in [-0.25, -0.2) is 4.39 Å². The van der Waals surface area contributed by atoms with Crippen LogP contribution >= 0.6 is 0 Å². The lowest BCUT2D eigenvalue weighted by atomic mass is 10.3. The van der Waals surface area contributed by atoms with Gasteiger partial charge in [-0.2, -0.15) is 0 Å². The van der Waals surface area contributed by atoms with E-state index in [0.29, 0.717) is 0 Å². The molecule has 62 valence electrons. The molecule has 0 aromatic carbocycles. The first-order valence-electron chi connectivity index (χ1n) is 3.37. The summed E-state index contributed by atoms with van der Waals surface area (Å²) in [6, 6.07) is 0. The van der Waals surface area contributed by atoms with Crippen LogP contribution in [0.25, 0.3) is 0 Å². The summed E-state index contributed by atoms with van der Waals surface area (Å²) in [6.45, 7) is -0.163. The lowest BCUT2D eigenvalue weighted by molar-refractivity contribution is -0.125. The minimum Gasteiger partial charge on any atom is -0.322 e. The fraction of sp³-hybridized carbons (Fsp3) is 0.667. The second-order valence-electron chi connectivity index (χ2n) is 2.46. The first kappa shape index (κ1) is 8.13. The van der Waals surface area contributed by atoms with Crippen molar-refractivity contribution < 1.29 is 9.18 Å². The molecule has 0 unspecified atom stereocenters. The Labute approximate surface area is 63.7 Å².